The number of nitrogens with one attached hydrogen (secondary N) is 1. The Labute approximate surface area is 249 Å². The van der Waals surface area contributed by atoms with Gasteiger partial charge in [-0.3, -0.25) is 18.7 Å². The molecule has 43 heavy (non-hydrogen) atoms. The number of hydrogen-bond donors (Lipinski definition) is 1. The molecule has 3 atom stereocenters. The topological polar surface area (TPSA) is 162 Å². The number of rotatable bonds is 5. The first kappa shape index (κ1) is 28.5. The van der Waals surface area contributed by atoms with Crippen molar-refractivity contribution < 1.29 is 14.3 Å². The molecule has 15 nitrogen and oxygen atoms in total. The fraction of sp³-hybridized carbons (Fsp3) is 0.481. The zero-order valence-electron chi connectivity index (χ0n) is 24.6. The van der Waals surface area contributed by atoms with Crippen molar-refractivity contribution in [1.29, 1.82) is 0 Å². The molecule has 0 aliphatic carbocycles. The van der Waals surface area contributed by atoms with Crippen LogP contribution in [0.2, 0.25) is 0 Å². The van der Waals surface area contributed by atoms with Crippen LogP contribution in [0.5, 0.6) is 0 Å². The van der Waals surface area contributed by atoms with Crippen LogP contribution in [0, 0.1) is 0 Å². The normalized spacial score (nSPS) is 18.8. The van der Waals surface area contributed by atoms with Gasteiger partial charge in [0, 0.05) is 50.5 Å². The highest BCUT2D eigenvalue weighted by Crippen LogP contribution is 2.34. The molecule has 2 bridgehead atoms. The van der Waals surface area contributed by atoms with Crippen LogP contribution in [0.25, 0.3) is 22.4 Å². The molecule has 0 saturated carbocycles. The van der Waals surface area contributed by atoms with Gasteiger partial charge in [-0.1, -0.05) is 0 Å². The van der Waals surface area contributed by atoms with Gasteiger partial charge in [-0.05, 0) is 34.1 Å². The molecule has 16 heteroatoms. The SMILES string of the molecule is C[C@@H](C(=O)Nc1nc(-c2cnc(N3CC4CC3CN4C(=O)OC(C)(C)C)nc2)cs1)n1cnc2c1c(=O)n(C)c(=O)n2C. The van der Waals surface area contributed by atoms with Crippen LogP contribution in [0.3, 0.4) is 0 Å². The first-order valence-corrected chi connectivity index (χ1v) is 14.7. The molecule has 4 aromatic heterocycles. The second-order valence-electron chi connectivity index (χ2n) is 11.8. The third-order valence-electron chi connectivity index (χ3n) is 7.76. The van der Waals surface area contributed by atoms with Crippen molar-refractivity contribution in [2.75, 3.05) is 23.3 Å². The van der Waals surface area contributed by atoms with Gasteiger partial charge >= 0.3 is 11.8 Å². The fourth-order valence-corrected chi connectivity index (χ4v) is 6.24. The van der Waals surface area contributed by atoms with Crippen LogP contribution in [0.15, 0.2) is 33.7 Å². The molecule has 2 amide bonds. The molecule has 2 fully saturated rings. The van der Waals surface area contributed by atoms with E-state index in [1.807, 2.05) is 20.8 Å². The molecule has 226 valence electrons. The van der Waals surface area contributed by atoms with Gasteiger partial charge in [0.2, 0.25) is 11.9 Å². The monoisotopic (exact) mass is 608 g/mol. The summed E-state index contributed by atoms with van der Waals surface area (Å²) in [6.07, 6.45) is 5.33. The number of anilines is 2. The quantitative estimate of drug-likeness (QED) is 0.353. The maximum absolute atomic E-state index is 13.1. The van der Waals surface area contributed by atoms with Crippen molar-refractivity contribution in [3.8, 4) is 11.3 Å². The Bertz CT molecular complexity index is 1850. The largest absolute Gasteiger partial charge is 0.444 e. The number of carbonyl (C=O) groups is 2. The summed E-state index contributed by atoms with van der Waals surface area (Å²) in [6, 6.07) is -0.609. The van der Waals surface area contributed by atoms with Crippen molar-refractivity contribution in [2.24, 2.45) is 14.1 Å². The number of ether oxygens (including phenoxy) is 1. The number of piperazine rings is 1. The van der Waals surface area contributed by atoms with Gasteiger partial charge in [-0.2, -0.15) is 0 Å². The Morgan fingerprint density at radius 2 is 1.79 bits per heavy atom. The highest BCUT2D eigenvalue weighted by atomic mass is 32.1. The van der Waals surface area contributed by atoms with E-state index < -0.39 is 28.8 Å². The minimum Gasteiger partial charge on any atom is -0.444 e. The molecule has 0 aromatic carbocycles. The average molecular weight is 609 g/mol. The number of likely N-dealkylation sites (tertiary alicyclic amines) is 1. The summed E-state index contributed by atoms with van der Waals surface area (Å²) in [5, 5.41) is 4.97. The van der Waals surface area contributed by atoms with E-state index in [0.29, 0.717) is 35.4 Å². The van der Waals surface area contributed by atoms with Gasteiger partial charge < -0.3 is 24.4 Å². The van der Waals surface area contributed by atoms with Crippen LogP contribution in [-0.4, -0.2) is 81.3 Å². The van der Waals surface area contributed by atoms with E-state index >= 15 is 0 Å². The summed E-state index contributed by atoms with van der Waals surface area (Å²) in [7, 11) is 2.91. The lowest BCUT2D eigenvalue weighted by Crippen LogP contribution is -2.50. The van der Waals surface area contributed by atoms with Crippen molar-refractivity contribution >= 4 is 45.6 Å². The van der Waals surface area contributed by atoms with Crippen LogP contribution < -0.4 is 21.5 Å². The van der Waals surface area contributed by atoms with Crippen LogP contribution >= 0.6 is 11.3 Å². The molecule has 4 aromatic rings. The molecule has 2 unspecified atom stereocenters. The number of thiazole rings is 1. The Morgan fingerprint density at radius 1 is 1.07 bits per heavy atom. The first-order chi connectivity index (χ1) is 20.3. The number of carbonyl (C=O) groups excluding carboxylic acids is 2. The first-order valence-electron chi connectivity index (χ1n) is 13.8. The maximum atomic E-state index is 13.1. The van der Waals surface area contributed by atoms with Gasteiger partial charge in [0.05, 0.1) is 24.1 Å². The lowest BCUT2D eigenvalue weighted by atomic mass is 10.2. The van der Waals surface area contributed by atoms with Crippen molar-refractivity contribution in [1.82, 2.24) is 38.5 Å². The van der Waals surface area contributed by atoms with E-state index in [1.54, 1.807) is 29.6 Å². The summed E-state index contributed by atoms with van der Waals surface area (Å²) in [5.41, 5.74) is 0.101. The zero-order valence-corrected chi connectivity index (χ0v) is 25.5. The number of aromatic nitrogens is 7. The highest BCUT2D eigenvalue weighted by molar-refractivity contribution is 7.14. The molecule has 6 rings (SSSR count). The lowest BCUT2D eigenvalue weighted by molar-refractivity contribution is -0.118. The smallest absolute Gasteiger partial charge is 0.410 e. The summed E-state index contributed by atoms with van der Waals surface area (Å²) in [5.74, 6) is 0.195. The van der Waals surface area contributed by atoms with Gasteiger partial charge in [0.25, 0.3) is 5.56 Å². The van der Waals surface area contributed by atoms with Crippen LogP contribution in [-0.2, 0) is 23.6 Å². The van der Waals surface area contributed by atoms with E-state index in [9.17, 15) is 19.2 Å². The lowest BCUT2D eigenvalue weighted by Gasteiger charge is -2.35. The Kier molecular flexibility index (Phi) is 6.82. The summed E-state index contributed by atoms with van der Waals surface area (Å²) in [4.78, 5) is 72.4. The van der Waals surface area contributed by atoms with Gasteiger partial charge in [0.1, 0.15) is 11.6 Å². The predicted octanol–water partition coefficient (Wildman–Crippen LogP) is 1.74. The molecule has 2 saturated heterocycles. The fourth-order valence-electron chi connectivity index (χ4n) is 5.52. The molecule has 0 radical (unpaired) electrons. The Hall–Kier alpha value is -4.60. The van der Waals surface area contributed by atoms with E-state index in [-0.39, 0.29) is 29.3 Å². The Morgan fingerprint density at radius 3 is 2.44 bits per heavy atom. The third kappa shape index (κ3) is 5.04. The molecule has 2 aliphatic heterocycles. The van der Waals surface area contributed by atoms with Crippen molar-refractivity contribution in [3.05, 3.63) is 44.9 Å². The van der Waals surface area contributed by atoms with Crippen LogP contribution in [0.1, 0.15) is 40.2 Å². The third-order valence-corrected chi connectivity index (χ3v) is 8.52. The van der Waals surface area contributed by atoms with Gasteiger partial charge in [-0.15, -0.1) is 11.3 Å². The second-order valence-corrected chi connectivity index (χ2v) is 12.7. The van der Waals surface area contributed by atoms with E-state index in [0.717, 1.165) is 11.0 Å². The van der Waals surface area contributed by atoms with Gasteiger partial charge in [-0.25, -0.2) is 29.5 Å². The average Bonchev–Trinajstić information content (AvgIpc) is 3.77. The minimum atomic E-state index is -0.799. The predicted molar refractivity (Wildman–Crippen MR) is 159 cm³/mol. The minimum absolute atomic E-state index is 0.0606. The summed E-state index contributed by atoms with van der Waals surface area (Å²) in [6.45, 7) is 8.43. The van der Waals surface area contributed by atoms with E-state index in [1.165, 1.54) is 40.9 Å². The summed E-state index contributed by atoms with van der Waals surface area (Å²) >= 11 is 1.25. The molecular weight excluding hydrogens is 576 g/mol. The molecule has 2 aliphatic rings. The maximum Gasteiger partial charge on any atom is 0.410 e. The molecule has 0 spiro atoms. The molecule has 6 heterocycles. The van der Waals surface area contributed by atoms with Crippen molar-refractivity contribution in [3.63, 3.8) is 0 Å². The number of imidazole rings is 1. The second kappa shape index (κ2) is 10.3. The number of amides is 2. The number of fused-ring (bicyclic) bond motifs is 3. The van der Waals surface area contributed by atoms with E-state index in [4.69, 9.17) is 4.74 Å². The van der Waals surface area contributed by atoms with Crippen LogP contribution in [0.4, 0.5) is 15.9 Å². The highest BCUT2D eigenvalue weighted by Gasteiger charge is 2.47. The molecular formula is C27H32N10O5S. The standard InChI is InChI=1S/C27H32N10O5S/c1-14(37-13-30-20-19(37)22(39)34(6)25(40)33(20)5)21(38)32-24-31-18(12-43-24)15-8-28-23(29-9-15)35-10-17-7-16(35)11-36(17)26(41)42-27(2,3)4/h8-9,12-14,16-17H,7,10-11H2,1-6H3,(H,31,32,38)/t14-,16?,17?/m0/s1. The van der Waals surface area contributed by atoms with Gasteiger partial charge in [0.15, 0.2) is 16.3 Å². The number of hydrogen-bond acceptors (Lipinski definition) is 11. The van der Waals surface area contributed by atoms with E-state index in [2.05, 4.69) is 30.2 Å². The summed E-state index contributed by atoms with van der Waals surface area (Å²) < 4.78 is 9.25. The Balaban J connectivity index is 1.11. The molecule has 1 N–H and O–H groups in total. The number of aryl methyl sites for hydroxylation is 1. The zero-order chi connectivity index (χ0) is 30.8. The van der Waals surface area contributed by atoms with Crippen molar-refractivity contribution in [2.45, 2.75) is 57.8 Å². The number of nitrogens with zero attached hydrogens (tertiary/aromatic N) is 9.